The second-order valence-corrected chi connectivity index (χ2v) is 13.0. The lowest BCUT2D eigenvalue weighted by Crippen LogP contribution is -2.61. The van der Waals surface area contributed by atoms with Crippen LogP contribution >= 0.6 is 24.0 Å². The summed E-state index contributed by atoms with van der Waals surface area (Å²) in [5, 5.41) is 7.10. The molecule has 2 N–H and O–H groups in total. The molecule has 1 aromatic heterocycles. The fourth-order valence-electron chi connectivity index (χ4n) is 6.15. The topological polar surface area (TPSA) is 90.0 Å². The molecule has 11 heteroatoms. The average Bonchev–Trinajstić information content (AvgIpc) is 3.45. The van der Waals surface area contributed by atoms with Crippen LogP contribution in [0.1, 0.15) is 30.0 Å². The highest BCUT2D eigenvalue weighted by Gasteiger charge is 2.48. The van der Waals surface area contributed by atoms with E-state index in [0.717, 1.165) is 41.4 Å². The minimum atomic E-state index is -1.01. The van der Waals surface area contributed by atoms with E-state index in [1.165, 1.54) is 0 Å². The zero-order valence-corrected chi connectivity index (χ0v) is 26.3. The van der Waals surface area contributed by atoms with E-state index in [1.807, 2.05) is 71.3 Å². The van der Waals surface area contributed by atoms with Crippen molar-refractivity contribution in [2.75, 3.05) is 61.1 Å². The van der Waals surface area contributed by atoms with Crippen molar-refractivity contribution >= 4 is 52.3 Å². The van der Waals surface area contributed by atoms with Gasteiger partial charge in [0, 0.05) is 49.9 Å². The molecule has 3 fully saturated rings. The number of carbonyl (C=O) groups excluding carboxylic acids is 2. The number of morpholine rings is 1. The van der Waals surface area contributed by atoms with Crippen molar-refractivity contribution in [1.82, 2.24) is 20.1 Å². The standard InChI is InChI=1S/C33H38N6O3S2/c40-30(24-38-23-29(36-32(38)43)26-6-2-1-3-7-26)39(22-25-5-4-14-34-21-25)33(12-19-44-20-13-33)31(41)35-27-8-10-28(11-9-27)37-15-17-42-18-16-37/h1-11,14,21,29H,12-13,15-20,22-24H2,(H,35,41)(H,36,43)/t29-/m0/s1. The third-order valence-corrected chi connectivity index (χ3v) is 10.0. The van der Waals surface area contributed by atoms with Crippen LogP contribution in [0.3, 0.4) is 0 Å². The molecule has 44 heavy (non-hydrogen) atoms. The molecule has 3 aromatic rings. The highest BCUT2D eigenvalue weighted by molar-refractivity contribution is 7.99. The maximum Gasteiger partial charge on any atom is 0.250 e. The molecule has 1 atom stereocenters. The van der Waals surface area contributed by atoms with Crippen LogP contribution in [0.5, 0.6) is 0 Å². The van der Waals surface area contributed by atoms with E-state index >= 15 is 0 Å². The van der Waals surface area contributed by atoms with Crippen LogP contribution in [0.15, 0.2) is 79.1 Å². The molecule has 0 bridgehead atoms. The summed E-state index contributed by atoms with van der Waals surface area (Å²) in [7, 11) is 0. The van der Waals surface area contributed by atoms with Crippen LogP contribution in [-0.2, 0) is 20.9 Å². The van der Waals surface area contributed by atoms with Crippen LogP contribution in [0, 0.1) is 0 Å². The van der Waals surface area contributed by atoms with Gasteiger partial charge in [0.05, 0.1) is 25.8 Å². The Bertz CT molecular complexity index is 1430. The number of anilines is 2. The van der Waals surface area contributed by atoms with Crippen LogP contribution in [0.4, 0.5) is 11.4 Å². The minimum Gasteiger partial charge on any atom is -0.378 e. The molecular formula is C33H38N6O3S2. The highest BCUT2D eigenvalue weighted by Crippen LogP contribution is 2.36. The summed E-state index contributed by atoms with van der Waals surface area (Å²) in [5.41, 5.74) is 2.82. The molecule has 0 saturated carbocycles. The number of carbonyl (C=O) groups is 2. The highest BCUT2D eigenvalue weighted by atomic mass is 32.2. The summed E-state index contributed by atoms with van der Waals surface area (Å²) in [6.45, 7) is 4.08. The van der Waals surface area contributed by atoms with Gasteiger partial charge in [0.25, 0.3) is 0 Å². The van der Waals surface area contributed by atoms with Gasteiger partial charge < -0.3 is 30.1 Å². The number of hydrogen-bond donors (Lipinski definition) is 2. The second-order valence-electron chi connectivity index (χ2n) is 11.4. The molecule has 0 radical (unpaired) electrons. The number of benzene rings is 2. The number of thioether (sulfide) groups is 1. The van der Waals surface area contributed by atoms with Crippen LogP contribution in [-0.4, -0.2) is 88.1 Å². The van der Waals surface area contributed by atoms with E-state index in [9.17, 15) is 9.59 Å². The van der Waals surface area contributed by atoms with Gasteiger partial charge in [-0.25, -0.2) is 0 Å². The molecular weight excluding hydrogens is 593 g/mol. The lowest BCUT2D eigenvalue weighted by Gasteiger charge is -2.45. The maximum atomic E-state index is 14.3. The molecule has 6 rings (SSSR count). The number of nitrogens with zero attached hydrogens (tertiary/aromatic N) is 4. The summed E-state index contributed by atoms with van der Waals surface area (Å²) in [5.74, 6) is 1.30. The molecule has 3 aliphatic rings. The van der Waals surface area contributed by atoms with Crippen molar-refractivity contribution in [3.8, 4) is 0 Å². The monoisotopic (exact) mass is 630 g/mol. The first-order valence-electron chi connectivity index (χ1n) is 15.1. The van der Waals surface area contributed by atoms with Crippen molar-refractivity contribution in [2.24, 2.45) is 0 Å². The first kappa shape index (κ1) is 30.4. The fraction of sp³-hybridized carbons (Fsp3) is 0.394. The lowest BCUT2D eigenvalue weighted by atomic mass is 9.87. The maximum absolute atomic E-state index is 14.3. The lowest BCUT2D eigenvalue weighted by molar-refractivity contribution is -0.147. The summed E-state index contributed by atoms with van der Waals surface area (Å²) in [6, 6.07) is 21.9. The van der Waals surface area contributed by atoms with Crippen LogP contribution in [0.2, 0.25) is 0 Å². The number of amides is 2. The first-order chi connectivity index (χ1) is 21.5. The van der Waals surface area contributed by atoms with Crippen molar-refractivity contribution in [3.63, 3.8) is 0 Å². The Morgan fingerprint density at radius 2 is 1.80 bits per heavy atom. The van der Waals surface area contributed by atoms with Crippen molar-refractivity contribution in [2.45, 2.75) is 31.0 Å². The van der Waals surface area contributed by atoms with Crippen molar-refractivity contribution in [1.29, 1.82) is 0 Å². The zero-order valence-electron chi connectivity index (χ0n) is 24.7. The Balaban J connectivity index is 1.24. The third kappa shape index (κ3) is 6.85. The predicted octanol–water partition coefficient (Wildman–Crippen LogP) is 4.08. The van der Waals surface area contributed by atoms with E-state index in [1.54, 1.807) is 17.3 Å². The molecule has 230 valence electrons. The largest absolute Gasteiger partial charge is 0.378 e. The molecule has 0 unspecified atom stereocenters. The van der Waals surface area contributed by atoms with Crippen molar-refractivity contribution in [3.05, 3.63) is 90.3 Å². The molecule has 3 saturated heterocycles. The smallest absolute Gasteiger partial charge is 0.250 e. The van der Waals surface area contributed by atoms with Gasteiger partial charge >= 0.3 is 0 Å². The second kappa shape index (κ2) is 14.0. The third-order valence-electron chi connectivity index (χ3n) is 8.64. The number of nitrogens with one attached hydrogen (secondary N) is 2. The predicted molar refractivity (Wildman–Crippen MR) is 179 cm³/mol. The first-order valence-corrected chi connectivity index (χ1v) is 16.7. The summed E-state index contributed by atoms with van der Waals surface area (Å²) in [6.07, 6.45) is 4.61. The van der Waals surface area contributed by atoms with Gasteiger partial charge in [-0.3, -0.25) is 14.6 Å². The molecule has 9 nitrogen and oxygen atoms in total. The normalized spacial score (nSPS) is 19.7. The molecule has 3 aliphatic heterocycles. The Kier molecular flexibility index (Phi) is 9.63. The number of aromatic nitrogens is 1. The quantitative estimate of drug-likeness (QED) is 0.340. The number of thiocarbonyl (C=S) groups is 1. The summed E-state index contributed by atoms with van der Waals surface area (Å²) < 4.78 is 5.48. The van der Waals surface area contributed by atoms with Gasteiger partial charge in [0.1, 0.15) is 5.54 Å². The van der Waals surface area contributed by atoms with Gasteiger partial charge in [0.2, 0.25) is 11.8 Å². The number of pyridine rings is 1. The van der Waals surface area contributed by atoms with Gasteiger partial charge in [-0.05, 0) is 78.0 Å². The molecule has 0 aliphatic carbocycles. The van der Waals surface area contributed by atoms with Gasteiger partial charge in [0.15, 0.2) is 5.11 Å². The van der Waals surface area contributed by atoms with E-state index in [4.69, 9.17) is 17.0 Å². The van der Waals surface area contributed by atoms with Gasteiger partial charge in [-0.1, -0.05) is 36.4 Å². The van der Waals surface area contributed by atoms with Gasteiger partial charge in [-0.2, -0.15) is 11.8 Å². The number of hydrogen-bond acceptors (Lipinski definition) is 7. The average molecular weight is 631 g/mol. The van der Waals surface area contributed by atoms with Crippen molar-refractivity contribution < 1.29 is 14.3 Å². The Morgan fingerprint density at radius 1 is 1.05 bits per heavy atom. The van der Waals surface area contributed by atoms with E-state index < -0.39 is 5.54 Å². The fourth-order valence-corrected chi connectivity index (χ4v) is 7.60. The van der Waals surface area contributed by atoms with E-state index in [2.05, 4.69) is 32.7 Å². The zero-order chi connectivity index (χ0) is 30.4. The minimum absolute atomic E-state index is 0.00652. The Labute approximate surface area is 268 Å². The van der Waals surface area contributed by atoms with Crippen LogP contribution in [0.25, 0.3) is 0 Å². The SMILES string of the molecule is O=C(CN1C[C@@H](c2ccccc2)NC1=S)N(Cc1cccnc1)C1(C(=O)Nc2ccc(N3CCOCC3)cc2)CCSCC1. The summed E-state index contributed by atoms with van der Waals surface area (Å²) in [4.78, 5) is 39.0. The Morgan fingerprint density at radius 3 is 2.50 bits per heavy atom. The van der Waals surface area contributed by atoms with Gasteiger partial charge in [-0.15, -0.1) is 0 Å². The molecule has 2 amide bonds. The molecule has 0 spiro atoms. The molecule has 4 heterocycles. The Hall–Kier alpha value is -3.67. The van der Waals surface area contributed by atoms with Crippen LogP contribution < -0.4 is 15.5 Å². The number of ether oxygens (including phenoxy) is 1. The molecule has 2 aromatic carbocycles. The van der Waals surface area contributed by atoms with E-state index in [0.29, 0.717) is 43.4 Å². The summed E-state index contributed by atoms with van der Waals surface area (Å²) >= 11 is 7.49. The van der Waals surface area contributed by atoms with E-state index in [-0.39, 0.29) is 30.9 Å². The number of rotatable bonds is 9.